The molecule has 3 aromatic rings. The number of amides is 3. The maximum atomic E-state index is 14.4. The summed E-state index contributed by atoms with van der Waals surface area (Å²) in [5, 5.41) is 2.85. The number of benzene rings is 2. The molecular formula is C40H50BN5O9. The van der Waals surface area contributed by atoms with Crippen molar-refractivity contribution in [3.05, 3.63) is 59.5 Å². The average molecular weight is 756 g/mol. The van der Waals surface area contributed by atoms with Crippen molar-refractivity contribution >= 4 is 30.7 Å². The predicted octanol–water partition coefficient (Wildman–Crippen LogP) is 5.59. The molecule has 3 amide bonds. The Morgan fingerprint density at radius 2 is 1.56 bits per heavy atom. The van der Waals surface area contributed by atoms with E-state index in [-0.39, 0.29) is 31.3 Å². The van der Waals surface area contributed by atoms with E-state index in [2.05, 4.69) is 10.3 Å². The minimum Gasteiger partial charge on any atom is -0.454 e. The number of aromatic amines is 1. The largest absolute Gasteiger partial charge is 0.494 e. The molecule has 5 heterocycles. The third kappa shape index (κ3) is 7.36. The molecule has 3 fully saturated rings. The number of nitrogens with zero attached hydrogens (tertiary/aromatic N) is 3. The van der Waals surface area contributed by atoms with Crippen LogP contribution >= 0.6 is 0 Å². The van der Waals surface area contributed by atoms with Crippen molar-refractivity contribution < 1.29 is 42.6 Å². The third-order valence-corrected chi connectivity index (χ3v) is 11.9. The normalized spacial score (nSPS) is 23.0. The molecule has 0 bridgehead atoms. The number of nitrogens with one attached hydrogen (secondary N) is 2. The molecule has 0 radical (unpaired) electrons. The first kappa shape index (κ1) is 37.2. The Hall–Kier alpha value is -4.76. The quantitative estimate of drug-likeness (QED) is 0.278. The number of rotatable bonds is 8. The van der Waals surface area contributed by atoms with Crippen molar-refractivity contribution in [2.75, 3.05) is 13.3 Å². The lowest BCUT2D eigenvalue weighted by atomic mass is 9.79. The summed E-state index contributed by atoms with van der Waals surface area (Å²) in [5.74, 6) is 1.35. The van der Waals surface area contributed by atoms with Crippen molar-refractivity contribution in [2.45, 2.75) is 122 Å². The van der Waals surface area contributed by atoms with E-state index in [0.717, 1.165) is 53.5 Å². The summed E-state index contributed by atoms with van der Waals surface area (Å²) in [6.07, 6.45) is 3.91. The molecule has 2 N–H and O–H groups in total. The zero-order chi connectivity index (χ0) is 38.6. The van der Waals surface area contributed by atoms with E-state index in [0.29, 0.717) is 36.8 Å². The van der Waals surface area contributed by atoms with Crippen LogP contribution in [0.1, 0.15) is 96.6 Å². The fraction of sp³-hybridized carbons (Fsp3) is 0.550. The van der Waals surface area contributed by atoms with Gasteiger partial charge in [0.1, 0.15) is 24.1 Å². The first-order chi connectivity index (χ1) is 26.2. The molecule has 8 rings (SSSR count). The van der Waals surface area contributed by atoms with E-state index in [1.807, 2.05) is 77.9 Å². The molecule has 2 saturated heterocycles. The number of hydrogen-bond acceptors (Lipinski definition) is 10. The van der Waals surface area contributed by atoms with E-state index in [1.54, 1.807) is 16.0 Å². The summed E-state index contributed by atoms with van der Waals surface area (Å²) in [6.45, 7) is 12.9. The summed E-state index contributed by atoms with van der Waals surface area (Å²) < 4.78 is 35.3. The maximum Gasteiger partial charge on any atom is 0.494 e. The van der Waals surface area contributed by atoms with Gasteiger partial charge in [0.05, 0.1) is 35.7 Å². The van der Waals surface area contributed by atoms with Crippen molar-refractivity contribution in [1.82, 2.24) is 25.1 Å². The summed E-state index contributed by atoms with van der Waals surface area (Å²) in [6, 6.07) is 10.3. The van der Waals surface area contributed by atoms with Crippen LogP contribution in [0.4, 0.5) is 9.59 Å². The van der Waals surface area contributed by atoms with Crippen LogP contribution in [0, 0.1) is 5.92 Å². The summed E-state index contributed by atoms with van der Waals surface area (Å²) in [7, 11) is -0.481. The van der Waals surface area contributed by atoms with Gasteiger partial charge in [0, 0.05) is 19.5 Å². The van der Waals surface area contributed by atoms with Crippen LogP contribution in [0.5, 0.6) is 11.5 Å². The minimum absolute atomic E-state index is 0.132. The highest BCUT2D eigenvalue weighted by molar-refractivity contribution is 6.62. The number of hydrogen-bond donors (Lipinski definition) is 2. The van der Waals surface area contributed by atoms with E-state index in [1.165, 1.54) is 0 Å². The van der Waals surface area contributed by atoms with Crippen LogP contribution in [0.3, 0.4) is 0 Å². The first-order valence-corrected chi connectivity index (χ1v) is 19.4. The number of aromatic nitrogens is 2. The highest BCUT2D eigenvalue weighted by Gasteiger charge is 2.51. The molecule has 2 aromatic carbocycles. The number of imidazole rings is 1. The van der Waals surface area contributed by atoms with Crippen LogP contribution in [0.15, 0.2) is 42.6 Å². The number of carbonyl (C=O) groups excluding carboxylic acids is 3. The molecule has 5 aliphatic rings. The standard InChI is InChI=1S/C40H50BN5O9/c1-23(2)34(44-37(48)52-28-9-7-8-10-28)36(47)46-21-29(53-38(49)45-19-25-15-32-33(51-22-50-32)16-26(25)20-45)17-31(46)35-42-18-30(43-35)24-11-13-27(14-12-24)41-54-39(3,4)40(5,6)55-41/h11-16,18,23,28-29,31,34H,7-10,17,19-22H2,1-6H3,(H,42,43)(H,44,48)/t29-,31+,34?/m1/s1. The van der Waals surface area contributed by atoms with Crippen LogP contribution < -0.4 is 20.3 Å². The van der Waals surface area contributed by atoms with Gasteiger partial charge in [-0.2, -0.15) is 0 Å². The summed E-state index contributed by atoms with van der Waals surface area (Å²) in [5.41, 5.74) is 3.62. The van der Waals surface area contributed by atoms with Crippen LogP contribution in [-0.2, 0) is 36.7 Å². The second kappa shape index (κ2) is 14.4. The molecule has 15 heteroatoms. The monoisotopic (exact) mass is 755 g/mol. The lowest BCUT2D eigenvalue weighted by Gasteiger charge is -2.32. The number of fused-ring (bicyclic) bond motifs is 2. The van der Waals surface area contributed by atoms with Crippen LogP contribution in [-0.4, -0.2) is 87.8 Å². The number of likely N-dealkylation sites (tertiary alicyclic amines) is 1. The van der Waals surface area contributed by atoms with Gasteiger partial charge in [-0.05, 0) is 93.6 Å². The predicted molar refractivity (Wildman–Crippen MR) is 201 cm³/mol. The molecule has 0 spiro atoms. The van der Waals surface area contributed by atoms with Gasteiger partial charge in [-0.15, -0.1) is 0 Å². The summed E-state index contributed by atoms with van der Waals surface area (Å²) in [4.78, 5) is 52.5. The molecule has 3 atom stereocenters. The maximum absolute atomic E-state index is 14.4. The van der Waals surface area contributed by atoms with Crippen molar-refractivity contribution in [1.29, 1.82) is 0 Å². The van der Waals surface area contributed by atoms with E-state index in [4.69, 9.17) is 33.2 Å². The van der Waals surface area contributed by atoms with Crippen molar-refractivity contribution in [3.63, 3.8) is 0 Å². The molecular weight excluding hydrogens is 705 g/mol. The van der Waals surface area contributed by atoms with Gasteiger partial charge in [-0.3, -0.25) is 9.69 Å². The Morgan fingerprint density at radius 3 is 2.18 bits per heavy atom. The minimum atomic E-state index is -0.859. The Bertz CT molecular complexity index is 1890. The highest BCUT2D eigenvalue weighted by atomic mass is 16.7. The van der Waals surface area contributed by atoms with Gasteiger partial charge in [-0.1, -0.05) is 38.1 Å². The van der Waals surface area contributed by atoms with Crippen LogP contribution in [0.25, 0.3) is 11.3 Å². The Morgan fingerprint density at radius 1 is 0.927 bits per heavy atom. The molecule has 4 aliphatic heterocycles. The summed E-state index contributed by atoms with van der Waals surface area (Å²) >= 11 is 0. The van der Waals surface area contributed by atoms with E-state index >= 15 is 0 Å². The Balaban J connectivity index is 0.997. The van der Waals surface area contributed by atoms with Crippen LogP contribution in [0.2, 0.25) is 0 Å². The molecule has 55 heavy (non-hydrogen) atoms. The Labute approximate surface area is 321 Å². The first-order valence-electron chi connectivity index (χ1n) is 19.4. The van der Waals surface area contributed by atoms with E-state index < -0.39 is 48.7 Å². The second-order valence-corrected chi connectivity index (χ2v) is 16.6. The smallest absolute Gasteiger partial charge is 0.454 e. The fourth-order valence-electron chi connectivity index (χ4n) is 7.98. The second-order valence-electron chi connectivity index (χ2n) is 16.6. The lowest BCUT2D eigenvalue weighted by Crippen LogP contribution is -2.52. The van der Waals surface area contributed by atoms with Crippen molar-refractivity contribution in [2.24, 2.45) is 5.92 Å². The number of carbonyl (C=O) groups is 3. The average Bonchev–Trinajstić information content (AvgIpc) is 3.99. The molecule has 1 aromatic heterocycles. The van der Waals surface area contributed by atoms with Crippen molar-refractivity contribution in [3.8, 4) is 22.8 Å². The molecule has 292 valence electrons. The lowest BCUT2D eigenvalue weighted by molar-refractivity contribution is -0.136. The van der Waals surface area contributed by atoms with Gasteiger partial charge < -0.3 is 43.5 Å². The zero-order valence-corrected chi connectivity index (χ0v) is 32.4. The number of H-pyrrole nitrogens is 1. The molecule has 1 saturated carbocycles. The highest BCUT2D eigenvalue weighted by Crippen LogP contribution is 2.40. The van der Waals surface area contributed by atoms with E-state index in [9.17, 15) is 14.4 Å². The third-order valence-electron chi connectivity index (χ3n) is 11.9. The number of ether oxygens (including phenoxy) is 4. The molecule has 1 aliphatic carbocycles. The fourth-order valence-corrected chi connectivity index (χ4v) is 7.98. The van der Waals surface area contributed by atoms with Gasteiger partial charge >= 0.3 is 19.3 Å². The van der Waals surface area contributed by atoms with Gasteiger partial charge in [0.25, 0.3) is 0 Å². The van der Waals surface area contributed by atoms with Gasteiger partial charge in [0.15, 0.2) is 11.5 Å². The molecule has 14 nitrogen and oxygen atoms in total. The topological polar surface area (TPSA) is 154 Å². The van der Waals surface area contributed by atoms with Gasteiger partial charge in [0.2, 0.25) is 12.7 Å². The van der Waals surface area contributed by atoms with Gasteiger partial charge in [-0.25, -0.2) is 14.6 Å². The number of alkyl carbamates (subject to hydrolysis) is 1. The SMILES string of the molecule is CC(C)C(NC(=O)OC1CCCC1)C(=O)N1C[C@H](OC(=O)N2Cc3cc4c(cc3C2)OCO4)C[C@H]1c1ncc(-c2ccc(B3OC(C)(C)C(C)(C)O3)cc2)[nH]1. The zero-order valence-electron chi connectivity index (χ0n) is 32.4. The Kier molecular flexibility index (Phi) is 9.73. The molecule has 1 unspecified atom stereocenters.